The second kappa shape index (κ2) is 6.91. The van der Waals surface area contributed by atoms with Crippen LogP contribution in [0, 0.1) is 0 Å². The number of piperidine rings is 1. The minimum Gasteiger partial charge on any atom is -0.357 e. The van der Waals surface area contributed by atoms with Crippen molar-refractivity contribution in [3.63, 3.8) is 0 Å². The summed E-state index contributed by atoms with van der Waals surface area (Å²) in [5.74, 6) is 0. The predicted octanol–water partition coefficient (Wildman–Crippen LogP) is 3.13. The summed E-state index contributed by atoms with van der Waals surface area (Å²) >= 11 is 0. The number of likely N-dealkylation sites (tertiary alicyclic amines) is 1. The summed E-state index contributed by atoms with van der Waals surface area (Å²) in [7, 11) is 0. The van der Waals surface area contributed by atoms with Gasteiger partial charge in [-0.15, -0.1) is 0 Å². The van der Waals surface area contributed by atoms with Crippen molar-refractivity contribution in [1.29, 1.82) is 0 Å². The zero-order valence-corrected chi connectivity index (χ0v) is 12.2. The predicted molar refractivity (Wildman–Crippen MR) is 84.9 cm³/mol. The quantitative estimate of drug-likeness (QED) is 0.791. The number of fused-ring (bicyclic) bond motifs is 1. The lowest BCUT2D eigenvalue weighted by molar-refractivity contribution is 0.225. The molecule has 1 aromatic heterocycles. The molecule has 2 N–H and O–H groups in total. The molecule has 1 aliphatic rings. The number of rotatable bonds is 6. The molecule has 0 amide bonds. The Kier molecular flexibility index (Phi) is 4.72. The Hall–Kier alpha value is -1.32. The van der Waals surface area contributed by atoms with E-state index in [-0.39, 0.29) is 0 Å². The van der Waals surface area contributed by atoms with Gasteiger partial charge in [0.15, 0.2) is 0 Å². The number of hydrogen-bond acceptors (Lipinski definition) is 2. The fraction of sp³-hybridized carbons (Fsp3) is 0.529. The lowest BCUT2D eigenvalue weighted by Crippen LogP contribution is -2.32. The van der Waals surface area contributed by atoms with Gasteiger partial charge in [0.2, 0.25) is 0 Å². The van der Waals surface area contributed by atoms with Gasteiger partial charge in [0.25, 0.3) is 0 Å². The first-order chi connectivity index (χ1) is 9.92. The van der Waals surface area contributed by atoms with Crippen LogP contribution in [0.5, 0.6) is 0 Å². The van der Waals surface area contributed by atoms with Crippen LogP contribution >= 0.6 is 0 Å². The van der Waals surface area contributed by atoms with E-state index in [0.29, 0.717) is 0 Å². The van der Waals surface area contributed by atoms with Crippen LogP contribution in [0.15, 0.2) is 30.3 Å². The summed E-state index contributed by atoms with van der Waals surface area (Å²) in [5, 5.41) is 4.85. The highest BCUT2D eigenvalue weighted by atomic mass is 15.1. The Morgan fingerprint density at radius 2 is 1.95 bits per heavy atom. The molecule has 0 spiro atoms. The molecule has 1 fully saturated rings. The van der Waals surface area contributed by atoms with E-state index in [1.807, 2.05) is 0 Å². The molecular weight excluding hydrogens is 246 g/mol. The Balaban J connectivity index is 1.37. The fourth-order valence-corrected chi connectivity index (χ4v) is 3.06. The molecule has 0 bridgehead atoms. The molecule has 1 aliphatic heterocycles. The Bertz CT molecular complexity index is 493. The standard InChI is InChI=1S/C17H25N3/c1-4-10-20(11-5-1)12-6-9-18-14-16-13-15-7-2-3-8-17(15)19-16/h2-3,7-8,13,18-19H,1,4-6,9-12,14H2. The highest BCUT2D eigenvalue weighted by molar-refractivity contribution is 5.80. The normalized spacial score (nSPS) is 16.8. The lowest BCUT2D eigenvalue weighted by atomic mass is 10.1. The topological polar surface area (TPSA) is 31.1 Å². The monoisotopic (exact) mass is 271 g/mol. The largest absolute Gasteiger partial charge is 0.357 e. The molecule has 108 valence electrons. The van der Waals surface area contributed by atoms with Gasteiger partial charge in [0.1, 0.15) is 0 Å². The maximum atomic E-state index is 3.54. The van der Waals surface area contributed by atoms with E-state index in [9.17, 15) is 0 Å². The summed E-state index contributed by atoms with van der Waals surface area (Å²) in [4.78, 5) is 6.07. The highest BCUT2D eigenvalue weighted by Crippen LogP contribution is 2.14. The average Bonchev–Trinajstić information content (AvgIpc) is 2.90. The lowest BCUT2D eigenvalue weighted by Gasteiger charge is -2.26. The van der Waals surface area contributed by atoms with Crippen molar-refractivity contribution in [2.24, 2.45) is 0 Å². The Morgan fingerprint density at radius 3 is 2.80 bits per heavy atom. The number of H-pyrrole nitrogens is 1. The van der Waals surface area contributed by atoms with Crippen molar-refractivity contribution in [3.05, 3.63) is 36.0 Å². The van der Waals surface area contributed by atoms with Crippen LogP contribution in [0.1, 0.15) is 31.4 Å². The van der Waals surface area contributed by atoms with Crippen molar-refractivity contribution >= 4 is 10.9 Å². The van der Waals surface area contributed by atoms with Crippen LogP contribution in [0.2, 0.25) is 0 Å². The molecule has 0 saturated carbocycles. The third kappa shape index (κ3) is 3.62. The van der Waals surface area contributed by atoms with Gasteiger partial charge in [-0.2, -0.15) is 0 Å². The van der Waals surface area contributed by atoms with Gasteiger partial charge in [0, 0.05) is 17.8 Å². The molecule has 3 nitrogen and oxygen atoms in total. The summed E-state index contributed by atoms with van der Waals surface area (Å²) in [6.07, 6.45) is 5.46. The fourth-order valence-electron chi connectivity index (χ4n) is 3.06. The number of benzene rings is 1. The van der Waals surface area contributed by atoms with Gasteiger partial charge in [-0.3, -0.25) is 0 Å². The van der Waals surface area contributed by atoms with Crippen molar-refractivity contribution in [2.75, 3.05) is 26.2 Å². The van der Waals surface area contributed by atoms with E-state index >= 15 is 0 Å². The smallest absolute Gasteiger partial charge is 0.0456 e. The van der Waals surface area contributed by atoms with Crippen molar-refractivity contribution in [2.45, 2.75) is 32.2 Å². The molecule has 1 saturated heterocycles. The molecule has 1 aromatic carbocycles. The third-order valence-electron chi connectivity index (χ3n) is 4.18. The summed E-state index contributed by atoms with van der Waals surface area (Å²) in [5.41, 5.74) is 2.52. The molecule has 20 heavy (non-hydrogen) atoms. The zero-order valence-electron chi connectivity index (χ0n) is 12.2. The molecule has 3 heteroatoms. The third-order valence-corrected chi connectivity index (χ3v) is 4.18. The molecule has 2 aromatic rings. The molecule has 2 heterocycles. The number of nitrogens with one attached hydrogen (secondary N) is 2. The first kappa shape index (κ1) is 13.7. The Labute approximate surface area is 121 Å². The molecule has 0 unspecified atom stereocenters. The summed E-state index contributed by atoms with van der Waals surface area (Å²) in [6.45, 7) is 5.91. The molecule has 0 aliphatic carbocycles. The van der Waals surface area contributed by atoms with Crippen LogP contribution in [0.4, 0.5) is 0 Å². The number of hydrogen-bond donors (Lipinski definition) is 2. The van der Waals surface area contributed by atoms with E-state index in [0.717, 1.165) is 13.1 Å². The number of aromatic amines is 1. The summed E-state index contributed by atoms with van der Waals surface area (Å²) in [6, 6.07) is 10.7. The Morgan fingerprint density at radius 1 is 1.10 bits per heavy atom. The second-order valence-corrected chi connectivity index (χ2v) is 5.81. The van der Waals surface area contributed by atoms with Gasteiger partial charge in [-0.25, -0.2) is 0 Å². The number of para-hydroxylation sites is 1. The number of aromatic nitrogens is 1. The van der Waals surface area contributed by atoms with Crippen LogP contribution in [0.3, 0.4) is 0 Å². The van der Waals surface area contributed by atoms with E-state index in [4.69, 9.17) is 0 Å². The minimum atomic E-state index is 0.939. The maximum Gasteiger partial charge on any atom is 0.0456 e. The molecular formula is C17H25N3. The first-order valence-electron chi connectivity index (χ1n) is 7.91. The van der Waals surface area contributed by atoms with Gasteiger partial charge < -0.3 is 15.2 Å². The number of nitrogens with zero attached hydrogens (tertiary/aromatic N) is 1. The van der Waals surface area contributed by atoms with Gasteiger partial charge in [-0.1, -0.05) is 24.6 Å². The van der Waals surface area contributed by atoms with E-state index in [1.165, 1.54) is 61.9 Å². The van der Waals surface area contributed by atoms with Gasteiger partial charge >= 0.3 is 0 Å². The first-order valence-corrected chi connectivity index (χ1v) is 7.91. The zero-order chi connectivity index (χ0) is 13.6. The molecule has 0 radical (unpaired) electrons. The van der Waals surface area contributed by atoms with Crippen molar-refractivity contribution < 1.29 is 0 Å². The van der Waals surface area contributed by atoms with Crippen LogP contribution in [-0.2, 0) is 6.54 Å². The second-order valence-electron chi connectivity index (χ2n) is 5.81. The van der Waals surface area contributed by atoms with Crippen LogP contribution in [0.25, 0.3) is 10.9 Å². The van der Waals surface area contributed by atoms with Crippen molar-refractivity contribution in [1.82, 2.24) is 15.2 Å². The van der Waals surface area contributed by atoms with Crippen LogP contribution in [-0.4, -0.2) is 36.1 Å². The highest BCUT2D eigenvalue weighted by Gasteiger charge is 2.08. The van der Waals surface area contributed by atoms with Gasteiger partial charge in [-0.05, 0) is 63.0 Å². The maximum absolute atomic E-state index is 3.54. The summed E-state index contributed by atoms with van der Waals surface area (Å²) < 4.78 is 0. The molecule has 3 rings (SSSR count). The average molecular weight is 271 g/mol. The van der Waals surface area contributed by atoms with Crippen molar-refractivity contribution in [3.8, 4) is 0 Å². The van der Waals surface area contributed by atoms with Crippen LogP contribution < -0.4 is 5.32 Å². The van der Waals surface area contributed by atoms with E-state index in [1.54, 1.807) is 0 Å². The SMILES string of the molecule is c1ccc2[nH]c(CNCCCN3CCCCC3)cc2c1. The molecule has 0 atom stereocenters. The van der Waals surface area contributed by atoms with E-state index in [2.05, 4.69) is 45.5 Å². The minimum absolute atomic E-state index is 0.939. The van der Waals surface area contributed by atoms with E-state index < -0.39 is 0 Å². The van der Waals surface area contributed by atoms with Gasteiger partial charge in [0.05, 0.1) is 0 Å².